The summed E-state index contributed by atoms with van der Waals surface area (Å²) in [5.74, 6) is -1.52. The first-order valence-electron chi connectivity index (χ1n) is 6.05. The molecule has 5 nitrogen and oxygen atoms in total. The Morgan fingerprint density at radius 3 is 2.90 bits per heavy atom. The maximum atomic E-state index is 13.7. The van der Waals surface area contributed by atoms with E-state index in [1.807, 2.05) is 12.3 Å². The third-order valence-corrected chi connectivity index (χ3v) is 4.09. The maximum Gasteiger partial charge on any atom is 0.338 e. The van der Waals surface area contributed by atoms with Gasteiger partial charge in [0, 0.05) is 5.69 Å². The molecule has 0 aliphatic carbocycles. The molecule has 0 atom stereocenters. The van der Waals surface area contributed by atoms with Gasteiger partial charge in [-0.3, -0.25) is 0 Å². The van der Waals surface area contributed by atoms with Crippen LogP contribution in [0.25, 0.3) is 10.2 Å². The Kier molecular flexibility index (Phi) is 3.26. The van der Waals surface area contributed by atoms with Crippen molar-refractivity contribution >= 4 is 39.0 Å². The van der Waals surface area contributed by atoms with E-state index >= 15 is 0 Å². The van der Waals surface area contributed by atoms with E-state index in [0.717, 1.165) is 21.8 Å². The Hall–Kier alpha value is -2.54. The second-order valence-electron chi connectivity index (χ2n) is 4.44. The Balaban J connectivity index is 1.99. The Labute approximate surface area is 123 Å². The molecule has 0 fully saturated rings. The van der Waals surface area contributed by atoms with Gasteiger partial charge >= 0.3 is 5.97 Å². The van der Waals surface area contributed by atoms with Crippen LogP contribution in [-0.4, -0.2) is 21.0 Å². The first kappa shape index (κ1) is 13.4. The van der Waals surface area contributed by atoms with Crippen LogP contribution in [0.1, 0.15) is 15.9 Å². The van der Waals surface area contributed by atoms with Crippen LogP contribution in [0, 0.1) is 12.7 Å². The fourth-order valence-corrected chi connectivity index (χ4v) is 2.91. The second kappa shape index (κ2) is 5.10. The van der Waals surface area contributed by atoms with Crippen LogP contribution < -0.4 is 5.32 Å². The third-order valence-electron chi connectivity index (χ3n) is 2.99. The van der Waals surface area contributed by atoms with Gasteiger partial charge in [0.2, 0.25) is 0 Å². The highest BCUT2D eigenvalue weighted by atomic mass is 32.1. The van der Waals surface area contributed by atoms with Crippen molar-refractivity contribution in [2.24, 2.45) is 0 Å². The van der Waals surface area contributed by atoms with Crippen molar-refractivity contribution in [3.8, 4) is 0 Å². The predicted octanol–water partition coefficient (Wildman–Crippen LogP) is 3.58. The number of hydrogen-bond acceptors (Lipinski definition) is 5. The van der Waals surface area contributed by atoms with E-state index in [2.05, 4.69) is 15.3 Å². The molecule has 3 rings (SSSR count). The van der Waals surface area contributed by atoms with E-state index in [-0.39, 0.29) is 5.56 Å². The minimum absolute atomic E-state index is 0.361. The van der Waals surface area contributed by atoms with Crippen LogP contribution in [0.15, 0.2) is 29.9 Å². The lowest BCUT2D eigenvalue weighted by atomic mass is 10.2. The van der Waals surface area contributed by atoms with E-state index in [1.54, 1.807) is 0 Å². The number of carboxylic acids is 1. The minimum atomic E-state index is -1.29. The molecule has 3 aromatic rings. The fraction of sp³-hybridized carbons (Fsp3) is 0.0714. The van der Waals surface area contributed by atoms with Crippen molar-refractivity contribution in [2.45, 2.75) is 6.92 Å². The number of carbonyl (C=O) groups is 1. The van der Waals surface area contributed by atoms with E-state index in [1.165, 1.54) is 29.8 Å². The third kappa shape index (κ3) is 2.43. The normalized spacial score (nSPS) is 10.8. The van der Waals surface area contributed by atoms with Gasteiger partial charge in [-0.15, -0.1) is 11.3 Å². The number of aromatic nitrogens is 2. The van der Waals surface area contributed by atoms with Crippen LogP contribution in [-0.2, 0) is 0 Å². The number of carboxylic acid groups (broad SMARTS) is 1. The lowest BCUT2D eigenvalue weighted by molar-refractivity contribution is 0.0692. The van der Waals surface area contributed by atoms with Gasteiger partial charge in [0.1, 0.15) is 12.1 Å². The summed E-state index contributed by atoms with van der Waals surface area (Å²) in [4.78, 5) is 19.1. The standard InChI is InChI=1S/C14H10FN3O2S/c1-7-5-21-12-11(7)16-6-17-13(12)18-8-2-3-9(14(19)20)10(15)4-8/h2-6H,1H3,(H,19,20)(H,16,17,18). The van der Waals surface area contributed by atoms with Crippen LogP contribution in [0.5, 0.6) is 0 Å². The number of thiophene rings is 1. The number of nitrogens with zero attached hydrogens (tertiary/aromatic N) is 2. The average molecular weight is 303 g/mol. The highest BCUT2D eigenvalue weighted by Gasteiger charge is 2.12. The summed E-state index contributed by atoms with van der Waals surface area (Å²) in [6.07, 6.45) is 1.44. The van der Waals surface area contributed by atoms with Crippen molar-refractivity contribution < 1.29 is 14.3 Å². The number of aryl methyl sites for hydroxylation is 1. The number of fused-ring (bicyclic) bond motifs is 1. The van der Waals surface area contributed by atoms with Crippen molar-refractivity contribution in [2.75, 3.05) is 5.32 Å². The molecule has 0 aliphatic heterocycles. The highest BCUT2D eigenvalue weighted by molar-refractivity contribution is 7.18. The molecule has 0 saturated carbocycles. The van der Waals surface area contributed by atoms with Crippen molar-refractivity contribution in [1.29, 1.82) is 0 Å². The van der Waals surface area contributed by atoms with Gasteiger partial charge in [-0.05, 0) is 36.1 Å². The molecule has 7 heteroatoms. The van der Waals surface area contributed by atoms with Crippen LogP contribution in [0.4, 0.5) is 15.9 Å². The molecule has 0 saturated heterocycles. The van der Waals surface area contributed by atoms with Crippen molar-refractivity contribution in [3.63, 3.8) is 0 Å². The number of nitrogens with one attached hydrogen (secondary N) is 1. The first-order chi connectivity index (χ1) is 10.1. The van der Waals surface area contributed by atoms with Crippen molar-refractivity contribution in [1.82, 2.24) is 9.97 Å². The van der Waals surface area contributed by atoms with Gasteiger partial charge in [0.05, 0.1) is 15.8 Å². The molecule has 0 aliphatic rings. The average Bonchev–Trinajstić information content (AvgIpc) is 2.81. The Morgan fingerprint density at radius 2 is 2.19 bits per heavy atom. The molecular weight excluding hydrogens is 293 g/mol. The molecule has 0 bridgehead atoms. The highest BCUT2D eigenvalue weighted by Crippen LogP contribution is 2.30. The molecule has 21 heavy (non-hydrogen) atoms. The zero-order valence-electron chi connectivity index (χ0n) is 10.9. The first-order valence-corrected chi connectivity index (χ1v) is 6.93. The zero-order valence-corrected chi connectivity index (χ0v) is 11.7. The van der Waals surface area contributed by atoms with Gasteiger partial charge in [-0.25, -0.2) is 19.2 Å². The number of anilines is 2. The largest absolute Gasteiger partial charge is 0.478 e. The van der Waals surface area contributed by atoms with Crippen LogP contribution in [0.2, 0.25) is 0 Å². The summed E-state index contributed by atoms with van der Waals surface area (Å²) < 4.78 is 14.5. The Bertz CT molecular complexity index is 847. The van der Waals surface area contributed by atoms with E-state index in [4.69, 9.17) is 5.11 Å². The monoisotopic (exact) mass is 303 g/mol. The molecule has 0 spiro atoms. The number of aromatic carboxylic acids is 1. The molecule has 106 valence electrons. The predicted molar refractivity (Wildman–Crippen MR) is 78.8 cm³/mol. The molecule has 2 aromatic heterocycles. The number of rotatable bonds is 3. The van der Waals surface area contributed by atoms with Gasteiger partial charge < -0.3 is 10.4 Å². The van der Waals surface area contributed by atoms with Crippen molar-refractivity contribution in [3.05, 3.63) is 46.9 Å². The number of hydrogen-bond donors (Lipinski definition) is 2. The quantitative estimate of drug-likeness (QED) is 0.773. The molecule has 0 radical (unpaired) electrons. The molecule has 0 amide bonds. The van der Waals surface area contributed by atoms with E-state index in [9.17, 15) is 9.18 Å². The van der Waals surface area contributed by atoms with E-state index in [0.29, 0.717) is 11.5 Å². The SMILES string of the molecule is Cc1csc2c(Nc3ccc(C(=O)O)c(F)c3)ncnc12. The van der Waals surface area contributed by atoms with Gasteiger partial charge in [-0.2, -0.15) is 0 Å². The van der Waals surface area contributed by atoms with Gasteiger partial charge in [0.25, 0.3) is 0 Å². The molecular formula is C14H10FN3O2S. The minimum Gasteiger partial charge on any atom is -0.478 e. The Morgan fingerprint density at radius 1 is 1.38 bits per heavy atom. The molecule has 0 unspecified atom stereocenters. The van der Waals surface area contributed by atoms with Crippen LogP contribution >= 0.6 is 11.3 Å². The topological polar surface area (TPSA) is 75.1 Å². The maximum absolute atomic E-state index is 13.7. The fourth-order valence-electron chi connectivity index (χ4n) is 1.96. The summed E-state index contributed by atoms with van der Waals surface area (Å²) in [6, 6.07) is 3.86. The smallest absolute Gasteiger partial charge is 0.338 e. The lowest BCUT2D eigenvalue weighted by Gasteiger charge is -2.07. The number of benzene rings is 1. The number of halogens is 1. The molecule has 2 N–H and O–H groups in total. The second-order valence-corrected chi connectivity index (χ2v) is 5.32. The van der Waals surface area contributed by atoms with Gasteiger partial charge in [0.15, 0.2) is 5.82 Å². The molecule has 1 aromatic carbocycles. The zero-order chi connectivity index (χ0) is 15.0. The summed E-state index contributed by atoms with van der Waals surface area (Å²) in [5.41, 5.74) is 1.97. The van der Waals surface area contributed by atoms with Crippen LogP contribution in [0.3, 0.4) is 0 Å². The summed E-state index contributed by atoms with van der Waals surface area (Å²) in [6.45, 7) is 1.96. The van der Waals surface area contributed by atoms with E-state index < -0.39 is 11.8 Å². The summed E-state index contributed by atoms with van der Waals surface area (Å²) >= 11 is 1.50. The van der Waals surface area contributed by atoms with Gasteiger partial charge in [-0.1, -0.05) is 0 Å². The summed E-state index contributed by atoms with van der Waals surface area (Å²) in [5, 5.41) is 13.8. The molecule has 2 heterocycles. The lowest BCUT2D eigenvalue weighted by Crippen LogP contribution is -2.02. The summed E-state index contributed by atoms with van der Waals surface area (Å²) in [7, 11) is 0.